The molecule has 0 unspecified atom stereocenters. The Morgan fingerprint density at radius 1 is 1.08 bits per heavy atom. The first kappa shape index (κ1) is 17.3. The van der Waals surface area contributed by atoms with Crippen LogP contribution in [0.25, 0.3) is 0 Å². The summed E-state index contributed by atoms with van der Waals surface area (Å²) in [4.78, 5) is 27.6. The molecule has 130 valence electrons. The van der Waals surface area contributed by atoms with Crippen molar-refractivity contribution in [1.29, 1.82) is 0 Å². The van der Waals surface area contributed by atoms with Gasteiger partial charge in [0.25, 0.3) is 5.78 Å². The van der Waals surface area contributed by atoms with Crippen LogP contribution in [0.3, 0.4) is 0 Å². The van der Waals surface area contributed by atoms with E-state index in [-0.39, 0.29) is 12.2 Å². The van der Waals surface area contributed by atoms with Crippen molar-refractivity contribution in [2.45, 2.75) is 26.3 Å². The lowest BCUT2D eigenvalue weighted by molar-refractivity contribution is -0.114. The van der Waals surface area contributed by atoms with Crippen molar-refractivity contribution in [3.05, 3.63) is 65.0 Å². The van der Waals surface area contributed by atoms with Crippen LogP contribution in [0.15, 0.2) is 42.5 Å². The number of fused-ring (bicyclic) bond motifs is 1. The third-order valence-electron chi connectivity index (χ3n) is 4.42. The summed E-state index contributed by atoms with van der Waals surface area (Å²) in [6, 6.07) is 12.2. The van der Waals surface area contributed by atoms with Crippen LogP contribution in [0.5, 0.6) is 0 Å². The average molecular weight is 340 g/mol. The molecule has 0 spiro atoms. The van der Waals surface area contributed by atoms with E-state index in [4.69, 9.17) is 0 Å². The minimum atomic E-state index is -0.649. The Labute approximate surface area is 146 Å². The Hall–Kier alpha value is -2.53. The van der Waals surface area contributed by atoms with Gasteiger partial charge < -0.3 is 0 Å². The average Bonchev–Trinajstić information content (AvgIpc) is 2.80. The zero-order valence-electron chi connectivity index (χ0n) is 14.6. The number of carbonyl (C=O) groups is 2. The molecule has 25 heavy (non-hydrogen) atoms. The number of rotatable bonds is 5. The molecule has 0 saturated carbocycles. The third kappa shape index (κ3) is 3.46. The highest BCUT2D eigenvalue weighted by Gasteiger charge is 2.36. The second-order valence-electron chi connectivity index (χ2n) is 6.78. The topological polar surface area (TPSA) is 40.6 Å². The van der Waals surface area contributed by atoms with Crippen LogP contribution in [0.1, 0.15) is 41.3 Å². The van der Waals surface area contributed by atoms with Gasteiger partial charge in [0.15, 0.2) is 0 Å². The maximum Gasteiger partial charge on any atom is 0.300 e. The molecule has 0 N–H and O–H groups in total. The molecule has 1 heterocycles. The van der Waals surface area contributed by atoms with E-state index in [2.05, 4.69) is 38.1 Å². The molecule has 0 atom stereocenters. The Balaban J connectivity index is 1.72. The number of nitrogens with zero attached hydrogens (tertiary/aromatic N) is 2. The van der Waals surface area contributed by atoms with E-state index in [9.17, 15) is 14.0 Å². The first-order valence-electron chi connectivity index (χ1n) is 8.30. The van der Waals surface area contributed by atoms with E-state index in [1.54, 1.807) is 0 Å². The first-order chi connectivity index (χ1) is 11.9. The zero-order valence-corrected chi connectivity index (χ0v) is 14.6. The number of hydrogen-bond acceptors (Lipinski definition) is 3. The van der Waals surface area contributed by atoms with Crippen molar-refractivity contribution in [2.24, 2.45) is 0 Å². The molecule has 0 saturated heterocycles. The molecule has 5 heteroatoms. The summed E-state index contributed by atoms with van der Waals surface area (Å²) in [5, 5.41) is 0. The minimum Gasteiger partial charge on any atom is -0.291 e. The van der Waals surface area contributed by atoms with Gasteiger partial charge in [0, 0.05) is 6.54 Å². The molecule has 0 radical (unpaired) electrons. The standard InChI is InChI=1S/C20H21FN2O2/c1-13(2)15-6-4-14(5-7-15)11-22(3)12-23-18-9-8-16(21)10-17(18)19(24)20(23)25/h4-10,13H,11-12H2,1-3H3. The quantitative estimate of drug-likeness (QED) is 0.781. The van der Waals surface area contributed by atoms with E-state index >= 15 is 0 Å². The predicted molar refractivity (Wildman–Crippen MR) is 95.1 cm³/mol. The molecule has 0 bridgehead atoms. The predicted octanol–water partition coefficient (Wildman–Crippen LogP) is 3.57. The number of amides is 1. The van der Waals surface area contributed by atoms with Gasteiger partial charge in [-0.05, 0) is 42.3 Å². The van der Waals surface area contributed by atoms with Crippen molar-refractivity contribution < 1.29 is 14.0 Å². The fraction of sp³-hybridized carbons (Fsp3) is 0.300. The minimum absolute atomic E-state index is 0.139. The summed E-state index contributed by atoms with van der Waals surface area (Å²) in [6.45, 7) is 5.22. The van der Waals surface area contributed by atoms with Crippen LogP contribution in [0.4, 0.5) is 10.1 Å². The molecule has 2 aromatic carbocycles. The maximum atomic E-state index is 13.3. The van der Waals surface area contributed by atoms with Gasteiger partial charge in [-0.3, -0.25) is 19.4 Å². The first-order valence-corrected chi connectivity index (χ1v) is 8.30. The van der Waals surface area contributed by atoms with Crippen molar-refractivity contribution in [1.82, 2.24) is 4.90 Å². The summed E-state index contributed by atoms with van der Waals surface area (Å²) < 4.78 is 13.3. The molecule has 0 aliphatic carbocycles. The fourth-order valence-electron chi connectivity index (χ4n) is 3.02. The Bertz CT molecular complexity index is 815. The lowest BCUT2D eigenvalue weighted by Gasteiger charge is -2.24. The van der Waals surface area contributed by atoms with Gasteiger partial charge in [-0.2, -0.15) is 0 Å². The van der Waals surface area contributed by atoms with E-state index < -0.39 is 17.5 Å². The molecule has 3 rings (SSSR count). The number of halogens is 1. The van der Waals surface area contributed by atoms with Gasteiger partial charge in [0.2, 0.25) is 0 Å². The molecule has 4 nitrogen and oxygen atoms in total. The molecule has 0 aromatic heterocycles. The summed E-state index contributed by atoms with van der Waals surface area (Å²) in [5.41, 5.74) is 3.02. The van der Waals surface area contributed by atoms with Crippen LogP contribution in [-0.2, 0) is 11.3 Å². The van der Waals surface area contributed by atoms with E-state index in [1.807, 2.05) is 11.9 Å². The van der Waals surface area contributed by atoms with Gasteiger partial charge in [-0.1, -0.05) is 38.1 Å². The summed E-state index contributed by atoms with van der Waals surface area (Å²) in [7, 11) is 1.88. The lowest BCUT2D eigenvalue weighted by atomic mass is 10.0. The summed E-state index contributed by atoms with van der Waals surface area (Å²) >= 11 is 0. The van der Waals surface area contributed by atoms with Gasteiger partial charge in [0.05, 0.1) is 17.9 Å². The number of Topliss-reactive ketones (excluding diaryl/α,β-unsaturated/α-hetero) is 1. The highest BCUT2D eigenvalue weighted by molar-refractivity contribution is 6.52. The highest BCUT2D eigenvalue weighted by Crippen LogP contribution is 2.29. The van der Waals surface area contributed by atoms with Crippen molar-refractivity contribution in [3.8, 4) is 0 Å². The number of anilines is 1. The smallest absolute Gasteiger partial charge is 0.291 e. The summed E-state index contributed by atoms with van der Waals surface area (Å²) in [6.07, 6.45) is 0. The van der Waals surface area contributed by atoms with Crippen LogP contribution in [0, 0.1) is 5.82 Å². The molecule has 2 aromatic rings. The SMILES string of the molecule is CC(C)c1ccc(CN(C)CN2C(=O)C(=O)c3cc(F)ccc32)cc1. The Kier molecular flexibility index (Phi) is 4.68. The van der Waals surface area contributed by atoms with Crippen molar-refractivity contribution >= 4 is 17.4 Å². The van der Waals surface area contributed by atoms with Crippen LogP contribution in [0.2, 0.25) is 0 Å². The number of ketones is 1. The highest BCUT2D eigenvalue weighted by atomic mass is 19.1. The Morgan fingerprint density at radius 3 is 2.40 bits per heavy atom. The monoisotopic (exact) mass is 340 g/mol. The molecular formula is C20H21FN2O2. The van der Waals surface area contributed by atoms with Crippen LogP contribution < -0.4 is 4.90 Å². The number of benzene rings is 2. The van der Waals surface area contributed by atoms with Gasteiger partial charge in [0.1, 0.15) is 5.82 Å². The largest absolute Gasteiger partial charge is 0.300 e. The molecule has 1 aliphatic rings. The zero-order chi connectivity index (χ0) is 18.1. The number of carbonyl (C=O) groups excluding carboxylic acids is 2. The van der Waals surface area contributed by atoms with E-state index in [1.165, 1.54) is 22.6 Å². The molecule has 0 fully saturated rings. The van der Waals surface area contributed by atoms with Crippen molar-refractivity contribution in [2.75, 3.05) is 18.6 Å². The maximum absolute atomic E-state index is 13.3. The number of hydrogen-bond donors (Lipinski definition) is 0. The molecular weight excluding hydrogens is 319 g/mol. The van der Waals surface area contributed by atoms with Gasteiger partial charge in [-0.15, -0.1) is 0 Å². The third-order valence-corrected chi connectivity index (χ3v) is 4.42. The van der Waals surface area contributed by atoms with E-state index in [0.717, 1.165) is 11.6 Å². The van der Waals surface area contributed by atoms with E-state index in [0.29, 0.717) is 18.2 Å². The second kappa shape index (κ2) is 6.76. The summed E-state index contributed by atoms with van der Waals surface area (Å²) in [5.74, 6) is -1.29. The molecule has 1 aliphatic heterocycles. The normalized spacial score (nSPS) is 13.9. The van der Waals surface area contributed by atoms with Gasteiger partial charge in [-0.25, -0.2) is 4.39 Å². The van der Waals surface area contributed by atoms with Crippen molar-refractivity contribution in [3.63, 3.8) is 0 Å². The van der Waals surface area contributed by atoms with Crippen LogP contribution in [-0.4, -0.2) is 30.3 Å². The molecule has 1 amide bonds. The van der Waals surface area contributed by atoms with Gasteiger partial charge >= 0.3 is 5.91 Å². The Morgan fingerprint density at radius 2 is 1.76 bits per heavy atom. The fourth-order valence-corrected chi connectivity index (χ4v) is 3.02. The second-order valence-corrected chi connectivity index (χ2v) is 6.78. The lowest BCUT2D eigenvalue weighted by Crippen LogP contribution is -2.38. The van der Waals surface area contributed by atoms with Crippen LogP contribution >= 0.6 is 0 Å².